The Morgan fingerprint density at radius 1 is 1.15 bits per heavy atom. The quantitative estimate of drug-likeness (QED) is 0.717. The van der Waals surface area contributed by atoms with Crippen LogP contribution < -0.4 is 10.6 Å². The lowest BCUT2D eigenvalue weighted by atomic mass is 10.2. The summed E-state index contributed by atoms with van der Waals surface area (Å²) < 4.78 is 21.4. The van der Waals surface area contributed by atoms with E-state index in [9.17, 15) is 9.13 Å². The summed E-state index contributed by atoms with van der Waals surface area (Å²) in [5.41, 5.74) is 0.554. The molecule has 0 heterocycles. The SMILES string of the molecule is Cc1cc([P+](=O)O)ccc1[P+](=O)O. The van der Waals surface area contributed by atoms with E-state index in [-0.39, 0.29) is 5.30 Å². The summed E-state index contributed by atoms with van der Waals surface area (Å²) in [6.45, 7) is 1.63. The molecule has 0 spiro atoms. The number of hydrogen-bond acceptors (Lipinski definition) is 2. The van der Waals surface area contributed by atoms with E-state index in [1.165, 1.54) is 18.2 Å². The van der Waals surface area contributed by atoms with Crippen LogP contribution in [0.2, 0.25) is 0 Å². The number of benzene rings is 1. The van der Waals surface area contributed by atoms with Crippen LogP contribution in [-0.2, 0) is 9.13 Å². The van der Waals surface area contributed by atoms with E-state index in [4.69, 9.17) is 9.79 Å². The van der Waals surface area contributed by atoms with Gasteiger partial charge in [0.2, 0.25) is 10.6 Å². The van der Waals surface area contributed by atoms with Crippen LogP contribution in [0.1, 0.15) is 5.56 Å². The summed E-state index contributed by atoms with van der Waals surface area (Å²) in [6.07, 6.45) is 0. The van der Waals surface area contributed by atoms with E-state index < -0.39 is 16.1 Å². The average molecular weight is 218 g/mol. The molecule has 0 aliphatic heterocycles. The highest BCUT2D eigenvalue weighted by molar-refractivity contribution is 7.48. The molecule has 0 fully saturated rings. The molecule has 0 saturated heterocycles. The van der Waals surface area contributed by atoms with Crippen molar-refractivity contribution in [2.45, 2.75) is 6.92 Å². The first kappa shape index (κ1) is 10.4. The number of hydrogen-bond donors (Lipinski definition) is 2. The predicted octanol–water partition coefficient (Wildman–Crippen LogP) is 0.715. The van der Waals surface area contributed by atoms with Crippen LogP contribution in [0.3, 0.4) is 0 Å². The molecule has 0 saturated carbocycles. The van der Waals surface area contributed by atoms with E-state index >= 15 is 0 Å². The molecule has 1 aromatic rings. The second-order valence-corrected chi connectivity index (χ2v) is 4.61. The van der Waals surface area contributed by atoms with Crippen molar-refractivity contribution in [2.75, 3.05) is 0 Å². The van der Waals surface area contributed by atoms with Gasteiger partial charge in [-0.15, -0.1) is 0 Å². The van der Waals surface area contributed by atoms with Crippen LogP contribution in [0.4, 0.5) is 0 Å². The number of rotatable bonds is 2. The zero-order valence-corrected chi connectivity index (χ0v) is 8.63. The molecule has 0 amide bonds. The molecule has 0 aromatic heterocycles. The maximum atomic E-state index is 10.7. The van der Waals surface area contributed by atoms with Crippen LogP contribution in [0.15, 0.2) is 18.2 Å². The van der Waals surface area contributed by atoms with Gasteiger partial charge in [0.25, 0.3) is 0 Å². The molecule has 0 bridgehead atoms. The van der Waals surface area contributed by atoms with Crippen LogP contribution in [0.5, 0.6) is 0 Å². The Hall–Kier alpha value is -0.660. The van der Waals surface area contributed by atoms with Gasteiger partial charge in [-0.2, -0.15) is 9.79 Å². The zero-order valence-electron chi connectivity index (χ0n) is 6.84. The molecule has 0 radical (unpaired) electrons. The minimum absolute atomic E-state index is 0.271. The lowest BCUT2D eigenvalue weighted by Gasteiger charge is -1.89. The molecular weight excluding hydrogens is 210 g/mol. The van der Waals surface area contributed by atoms with Gasteiger partial charge in [0, 0.05) is 11.6 Å². The monoisotopic (exact) mass is 218 g/mol. The summed E-state index contributed by atoms with van der Waals surface area (Å²) in [5.74, 6) is 0. The summed E-state index contributed by atoms with van der Waals surface area (Å²) in [6, 6.07) is 4.22. The second kappa shape index (κ2) is 4.03. The van der Waals surface area contributed by atoms with Crippen molar-refractivity contribution in [2.24, 2.45) is 0 Å². The van der Waals surface area contributed by atoms with Gasteiger partial charge >= 0.3 is 16.1 Å². The third-order valence-corrected chi connectivity index (χ3v) is 3.24. The van der Waals surface area contributed by atoms with Crippen LogP contribution in [-0.4, -0.2) is 9.79 Å². The lowest BCUT2D eigenvalue weighted by molar-refractivity contribution is 0.511. The zero-order chi connectivity index (χ0) is 10.0. The second-order valence-electron chi connectivity index (χ2n) is 2.52. The fraction of sp³-hybridized carbons (Fsp3) is 0.143. The molecular formula is C7H8O4P2+2. The summed E-state index contributed by atoms with van der Waals surface area (Å²) >= 11 is 0. The standard InChI is InChI=1S/C7H6O4P2/c1-5-4-6(12(8)9)2-3-7(5)13(10)11/h2-4H,1H3/p+2. The van der Waals surface area contributed by atoms with Gasteiger partial charge in [-0.05, 0) is 28.2 Å². The molecule has 68 valence electrons. The Labute approximate surface area is 77.0 Å². The van der Waals surface area contributed by atoms with Crippen molar-refractivity contribution in [3.8, 4) is 0 Å². The molecule has 1 rings (SSSR count). The van der Waals surface area contributed by atoms with E-state index in [2.05, 4.69) is 0 Å². The van der Waals surface area contributed by atoms with Gasteiger partial charge < -0.3 is 0 Å². The van der Waals surface area contributed by atoms with Crippen molar-refractivity contribution in [3.05, 3.63) is 23.8 Å². The van der Waals surface area contributed by atoms with Gasteiger partial charge in [0.15, 0.2) is 0 Å². The smallest absolute Gasteiger partial charge is 0.156 e. The van der Waals surface area contributed by atoms with Crippen LogP contribution >= 0.6 is 16.1 Å². The van der Waals surface area contributed by atoms with Gasteiger partial charge in [0.1, 0.15) is 0 Å². The van der Waals surface area contributed by atoms with Crippen LogP contribution in [0, 0.1) is 6.92 Å². The van der Waals surface area contributed by atoms with Gasteiger partial charge in [0.05, 0.1) is 0 Å². The van der Waals surface area contributed by atoms with E-state index in [0.29, 0.717) is 10.9 Å². The van der Waals surface area contributed by atoms with E-state index in [0.717, 1.165) is 0 Å². The highest BCUT2D eigenvalue weighted by Crippen LogP contribution is 2.18. The lowest BCUT2D eigenvalue weighted by Crippen LogP contribution is -2.07. The fourth-order valence-electron chi connectivity index (χ4n) is 0.973. The molecule has 2 atom stereocenters. The molecule has 0 aliphatic carbocycles. The molecule has 0 aliphatic rings. The normalized spacial score (nSPS) is 12.5. The number of aryl methyl sites for hydroxylation is 1. The Bertz CT molecular complexity index is 375. The first-order valence-corrected chi connectivity index (χ1v) is 5.88. The summed E-state index contributed by atoms with van der Waals surface area (Å²) in [5, 5.41) is 0.573. The van der Waals surface area contributed by atoms with Gasteiger partial charge in [-0.1, -0.05) is 0 Å². The van der Waals surface area contributed by atoms with Crippen molar-refractivity contribution in [1.29, 1.82) is 0 Å². The summed E-state index contributed by atoms with van der Waals surface area (Å²) in [7, 11) is -4.74. The van der Waals surface area contributed by atoms with E-state index in [1.807, 2.05) is 0 Å². The van der Waals surface area contributed by atoms with Crippen molar-refractivity contribution < 1.29 is 18.9 Å². The molecule has 2 N–H and O–H groups in total. The fourth-order valence-corrected chi connectivity index (χ4v) is 2.05. The largest absolute Gasteiger partial charge is 0.546 e. The average Bonchev–Trinajstić information content (AvgIpc) is 2.03. The Morgan fingerprint density at radius 2 is 1.77 bits per heavy atom. The first-order valence-electron chi connectivity index (χ1n) is 3.45. The highest BCUT2D eigenvalue weighted by atomic mass is 31.1. The third-order valence-electron chi connectivity index (χ3n) is 1.61. The van der Waals surface area contributed by atoms with Crippen LogP contribution in [0.25, 0.3) is 0 Å². The Balaban J connectivity index is 3.20. The third kappa shape index (κ3) is 2.39. The molecule has 6 heteroatoms. The Kier molecular flexibility index (Phi) is 3.23. The molecule has 2 unspecified atom stereocenters. The van der Waals surface area contributed by atoms with Crippen molar-refractivity contribution in [1.82, 2.24) is 0 Å². The minimum atomic E-state index is -2.37. The molecule has 4 nitrogen and oxygen atoms in total. The van der Waals surface area contributed by atoms with E-state index in [1.54, 1.807) is 6.92 Å². The minimum Gasteiger partial charge on any atom is -0.156 e. The molecule has 1 aromatic carbocycles. The van der Waals surface area contributed by atoms with Crippen molar-refractivity contribution in [3.63, 3.8) is 0 Å². The van der Waals surface area contributed by atoms with Gasteiger partial charge in [-0.25, -0.2) is 0 Å². The maximum absolute atomic E-state index is 10.7. The molecule has 13 heavy (non-hydrogen) atoms. The maximum Gasteiger partial charge on any atom is 0.546 e. The van der Waals surface area contributed by atoms with Crippen molar-refractivity contribution >= 4 is 26.7 Å². The first-order chi connectivity index (χ1) is 6.02. The predicted molar refractivity (Wildman–Crippen MR) is 50.1 cm³/mol. The highest BCUT2D eigenvalue weighted by Gasteiger charge is 2.24. The van der Waals surface area contributed by atoms with Gasteiger partial charge in [-0.3, -0.25) is 0 Å². The summed E-state index contributed by atoms with van der Waals surface area (Å²) in [4.78, 5) is 17.6. The topological polar surface area (TPSA) is 74.6 Å². The Morgan fingerprint density at radius 3 is 2.15 bits per heavy atom.